The summed E-state index contributed by atoms with van der Waals surface area (Å²) < 4.78 is 28.2. The maximum atomic E-state index is 12.2. The zero-order valence-corrected chi connectivity index (χ0v) is 11.9. The number of benzene rings is 1. The Bertz CT molecular complexity index is 793. The van der Waals surface area contributed by atoms with Crippen LogP contribution in [0, 0.1) is 0 Å². The van der Waals surface area contributed by atoms with Crippen molar-refractivity contribution in [2.24, 2.45) is 7.05 Å². The summed E-state index contributed by atoms with van der Waals surface area (Å²) in [7, 11) is -2.09. The van der Waals surface area contributed by atoms with E-state index in [0.29, 0.717) is 5.56 Å². The molecule has 1 heterocycles. The van der Waals surface area contributed by atoms with E-state index < -0.39 is 16.0 Å². The van der Waals surface area contributed by atoms with Crippen LogP contribution in [0.4, 0.5) is 5.82 Å². The van der Waals surface area contributed by atoms with E-state index in [-0.39, 0.29) is 10.7 Å². The van der Waals surface area contributed by atoms with E-state index in [4.69, 9.17) is 5.11 Å². The van der Waals surface area contributed by atoms with E-state index in [1.54, 1.807) is 19.3 Å². The highest BCUT2D eigenvalue weighted by Crippen LogP contribution is 2.16. The van der Waals surface area contributed by atoms with E-state index in [9.17, 15) is 13.2 Å². The molecule has 0 unspecified atom stereocenters. The maximum Gasteiger partial charge on any atom is 0.328 e. The first kappa shape index (κ1) is 14.8. The molecule has 21 heavy (non-hydrogen) atoms. The summed E-state index contributed by atoms with van der Waals surface area (Å²) in [6.07, 6.45) is 3.88. The molecule has 7 nitrogen and oxygen atoms in total. The quantitative estimate of drug-likeness (QED) is 0.811. The Balaban J connectivity index is 2.27. The summed E-state index contributed by atoms with van der Waals surface area (Å²) in [6, 6.07) is 7.48. The van der Waals surface area contributed by atoms with E-state index in [0.717, 1.165) is 6.08 Å². The van der Waals surface area contributed by atoms with E-state index >= 15 is 0 Å². The first-order valence-electron chi connectivity index (χ1n) is 5.90. The lowest BCUT2D eigenvalue weighted by Crippen LogP contribution is -2.13. The number of aliphatic carboxylic acids is 1. The predicted octanol–water partition coefficient (Wildman–Crippen LogP) is 1.32. The zero-order chi connectivity index (χ0) is 15.5. The highest BCUT2D eigenvalue weighted by molar-refractivity contribution is 7.92. The molecule has 0 amide bonds. The average molecular weight is 307 g/mol. The van der Waals surface area contributed by atoms with Crippen molar-refractivity contribution in [3.05, 3.63) is 48.2 Å². The predicted molar refractivity (Wildman–Crippen MR) is 77.1 cm³/mol. The molecular formula is C13H13N3O4S. The van der Waals surface area contributed by atoms with Crippen molar-refractivity contribution in [2.45, 2.75) is 4.90 Å². The van der Waals surface area contributed by atoms with Crippen LogP contribution < -0.4 is 4.72 Å². The van der Waals surface area contributed by atoms with Gasteiger partial charge < -0.3 is 5.11 Å². The van der Waals surface area contributed by atoms with Crippen molar-refractivity contribution in [2.75, 3.05) is 4.72 Å². The van der Waals surface area contributed by atoms with Crippen LogP contribution >= 0.6 is 0 Å². The Kier molecular flexibility index (Phi) is 4.08. The minimum absolute atomic E-state index is 0.0284. The van der Waals surface area contributed by atoms with E-state index in [1.807, 2.05) is 0 Å². The van der Waals surface area contributed by atoms with Gasteiger partial charge in [0.25, 0.3) is 10.0 Å². The number of anilines is 1. The first-order chi connectivity index (χ1) is 9.87. The Morgan fingerprint density at radius 1 is 1.38 bits per heavy atom. The van der Waals surface area contributed by atoms with Gasteiger partial charge in [-0.3, -0.25) is 9.40 Å². The van der Waals surface area contributed by atoms with Gasteiger partial charge in [-0.1, -0.05) is 12.1 Å². The standard InChI is InChI=1S/C13H13N3O4S/c1-16-8-7-12(14-16)15-21(19,20)11-4-2-3-10(9-11)5-6-13(17)18/h2-9H,1H3,(H,14,15)(H,17,18). The minimum atomic E-state index is -3.77. The van der Waals surface area contributed by atoms with Gasteiger partial charge in [0, 0.05) is 25.4 Å². The van der Waals surface area contributed by atoms with Crippen LogP contribution in [0.5, 0.6) is 0 Å². The zero-order valence-electron chi connectivity index (χ0n) is 11.1. The fourth-order valence-electron chi connectivity index (χ4n) is 1.62. The monoisotopic (exact) mass is 307 g/mol. The second-order valence-corrected chi connectivity index (χ2v) is 5.91. The number of sulfonamides is 1. The lowest BCUT2D eigenvalue weighted by Gasteiger charge is -2.06. The Morgan fingerprint density at radius 3 is 2.76 bits per heavy atom. The van der Waals surface area contributed by atoms with Crippen LogP contribution in [-0.2, 0) is 21.9 Å². The highest BCUT2D eigenvalue weighted by Gasteiger charge is 2.15. The summed E-state index contributed by atoms with van der Waals surface area (Å²) in [5.41, 5.74) is 0.473. The second-order valence-electron chi connectivity index (χ2n) is 4.22. The lowest BCUT2D eigenvalue weighted by atomic mass is 10.2. The van der Waals surface area contributed by atoms with Gasteiger partial charge in [0.05, 0.1) is 4.90 Å². The van der Waals surface area contributed by atoms with Crippen LogP contribution in [0.25, 0.3) is 6.08 Å². The third-order valence-electron chi connectivity index (χ3n) is 2.54. The summed E-state index contributed by atoms with van der Waals surface area (Å²) in [4.78, 5) is 10.5. The van der Waals surface area contributed by atoms with E-state index in [1.165, 1.54) is 35.0 Å². The van der Waals surface area contributed by atoms with Crippen LogP contribution in [0.1, 0.15) is 5.56 Å². The summed E-state index contributed by atoms with van der Waals surface area (Å²) in [6.45, 7) is 0. The average Bonchev–Trinajstić information content (AvgIpc) is 2.81. The molecule has 0 spiro atoms. The van der Waals surface area contributed by atoms with Gasteiger partial charge in [0.15, 0.2) is 5.82 Å². The molecule has 1 aromatic carbocycles. The van der Waals surface area contributed by atoms with Crippen LogP contribution in [0.2, 0.25) is 0 Å². The van der Waals surface area contributed by atoms with Crippen molar-refractivity contribution in [3.8, 4) is 0 Å². The molecule has 0 saturated carbocycles. The molecular weight excluding hydrogens is 294 g/mol. The number of rotatable bonds is 5. The Morgan fingerprint density at radius 2 is 2.14 bits per heavy atom. The van der Waals surface area contributed by atoms with Crippen LogP contribution in [0.3, 0.4) is 0 Å². The van der Waals surface area contributed by atoms with Crippen molar-refractivity contribution in [1.82, 2.24) is 9.78 Å². The molecule has 8 heteroatoms. The number of aryl methyl sites for hydroxylation is 1. The fraction of sp³-hybridized carbons (Fsp3) is 0.0769. The highest BCUT2D eigenvalue weighted by atomic mass is 32.2. The van der Waals surface area contributed by atoms with Gasteiger partial charge in [0.2, 0.25) is 0 Å². The largest absolute Gasteiger partial charge is 0.478 e. The first-order valence-corrected chi connectivity index (χ1v) is 7.39. The fourth-order valence-corrected chi connectivity index (χ4v) is 2.67. The molecule has 2 rings (SSSR count). The molecule has 0 aliphatic rings. The van der Waals surface area contributed by atoms with Crippen LogP contribution in [-0.4, -0.2) is 29.3 Å². The third kappa shape index (κ3) is 3.93. The minimum Gasteiger partial charge on any atom is -0.478 e. The van der Waals surface area contributed by atoms with Gasteiger partial charge >= 0.3 is 5.97 Å². The Hall–Kier alpha value is -2.61. The number of carboxylic acid groups (broad SMARTS) is 1. The molecule has 0 radical (unpaired) electrons. The number of nitrogens with zero attached hydrogens (tertiary/aromatic N) is 2. The number of hydrogen-bond acceptors (Lipinski definition) is 4. The second kappa shape index (κ2) is 5.80. The van der Waals surface area contributed by atoms with Crippen molar-refractivity contribution < 1.29 is 18.3 Å². The summed E-state index contributed by atoms with van der Waals surface area (Å²) in [5, 5.41) is 12.5. The van der Waals surface area contributed by atoms with Crippen molar-refractivity contribution in [1.29, 1.82) is 0 Å². The molecule has 0 saturated heterocycles. The summed E-state index contributed by atoms with van der Waals surface area (Å²) in [5.74, 6) is -0.890. The lowest BCUT2D eigenvalue weighted by molar-refractivity contribution is -0.131. The number of nitrogens with one attached hydrogen (secondary N) is 1. The van der Waals surface area contributed by atoms with Gasteiger partial charge in [-0.05, 0) is 23.8 Å². The SMILES string of the molecule is Cn1ccc(NS(=O)(=O)c2cccc(C=CC(=O)O)c2)n1. The molecule has 2 N–H and O–H groups in total. The molecule has 0 fully saturated rings. The molecule has 0 aliphatic carbocycles. The number of carbonyl (C=O) groups is 1. The van der Waals surface area contributed by atoms with Crippen molar-refractivity contribution >= 4 is 27.9 Å². The molecule has 0 aliphatic heterocycles. The van der Waals surface area contributed by atoms with Gasteiger partial charge in [0.1, 0.15) is 0 Å². The number of aromatic nitrogens is 2. The number of hydrogen-bond donors (Lipinski definition) is 2. The number of carboxylic acids is 1. The van der Waals surface area contributed by atoms with E-state index in [2.05, 4.69) is 9.82 Å². The van der Waals surface area contributed by atoms with Gasteiger partial charge in [-0.25, -0.2) is 13.2 Å². The van der Waals surface area contributed by atoms with Gasteiger partial charge in [-0.2, -0.15) is 5.10 Å². The van der Waals surface area contributed by atoms with Gasteiger partial charge in [-0.15, -0.1) is 0 Å². The maximum absolute atomic E-state index is 12.2. The molecule has 0 atom stereocenters. The molecule has 1 aromatic heterocycles. The normalized spacial score (nSPS) is 11.7. The topological polar surface area (TPSA) is 101 Å². The van der Waals surface area contributed by atoms with Crippen LogP contribution in [0.15, 0.2) is 47.5 Å². The smallest absolute Gasteiger partial charge is 0.328 e. The third-order valence-corrected chi connectivity index (χ3v) is 3.89. The molecule has 110 valence electrons. The van der Waals surface area contributed by atoms with Crippen molar-refractivity contribution in [3.63, 3.8) is 0 Å². The molecule has 2 aromatic rings. The molecule has 0 bridgehead atoms. The Labute approximate surface area is 121 Å². The summed E-state index contributed by atoms with van der Waals surface area (Å²) >= 11 is 0.